The molecule has 98 valence electrons. The van der Waals surface area contributed by atoms with Gasteiger partial charge in [0.05, 0.1) is 0 Å². The molecule has 0 N–H and O–H groups in total. The van der Waals surface area contributed by atoms with E-state index < -0.39 is 0 Å². The highest BCUT2D eigenvalue weighted by atomic mass is 15.2. The Labute approximate surface area is 112 Å². The van der Waals surface area contributed by atoms with Gasteiger partial charge in [0.2, 0.25) is 0 Å². The van der Waals surface area contributed by atoms with Crippen molar-refractivity contribution >= 4 is 0 Å². The monoisotopic (exact) mass is 243 g/mol. The molecular weight excluding hydrogens is 218 g/mol. The maximum absolute atomic E-state index is 4.18. The van der Waals surface area contributed by atoms with Gasteiger partial charge in [-0.1, -0.05) is 68.7 Å². The van der Waals surface area contributed by atoms with Crippen molar-refractivity contribution in [3.63, 3.8) is 0 Å². The van der Waals surface area contributed by atoms with Crippen molar-refractivity contribution in [1.82, 2.24) is 4.90 Å². The lowest BCUT2D eigenvalue weighted by Gasteiger charge is -2.24. The third-order valence-electron chi connectivity index (χ3n) is 3.84. The van der Waals surface area contributed by atoms with E-state index in [1.807, 2.05) is 0 Å². The number of hydrogen-bond donors (Lipinski definition) is 0. The lowest BCUT2D eigenvalue weighted by molar-refractivity contribution is 0.232. The van der Waals surface area contributed by atoms with Crippen LogP contribution in [0.2, 0.25) is 0 Å². The summed E-state index contributed by atoms with van der Waals surface area (Å²) >= 11 is 0. The Hall–Kier alpha value is -1.08. The predicted molar refractivity (Wildman–Crippen MR) is 78.5 cm³/mol. The molecule has 1 heterocycles. The van der Waals surface area contributed by atoms with E-state index in [0.717, 1.165) is 19.1 Å². The smallest absolute Gasteiger partial charge is 0.0240 e. The summed E-state index contributed by atoms with van der Waals surface area (Å²) < 4.78 is 0. The predicted octanol–water partition coefficient (Wildman–Crippen LogP) is 4.40. The van der Waals surface area contributed by atoms with Gasteiger partial charge in [-0.3, -0.25) is 4.90 Å². The number of likely N-dealkylation sites (tertiary alicyclic amines) is 1. The van der Waals surface area contributed by atoms with Crippen molar-refractivity contribution in [1.29, 1.82) is 0 Å². The Balaban J connectivity index is 1.90. The van der Waals surface area contributed by atoms with Crippen molar-refractivity contribution in [2.75, 3.05) is 6.54 Å². The highest BCUT2D eigenvalue weighted by Gasteiger charge is 2.26. The molecule has 1 aliphatic rings. The van der Waals surface area contributed by atoms with Gasteiger partial charge >= 0.3 is 0 Å². The topological polar surface area (TPSA) is 3.24 Å². The minimum absolute atomic E-state index is 0.726. The maximum Gasteiger partial charge on any atom is 0.0240 e. The zero-order chi connectivity index (χ0) is 12.8. The van der Waals surface area contributed by atoms with Crippen LogP contribution in [0.4, 0.5) is 0 Å². The van der Waals surface area contributed by atoms with Gasteiger partial charge in [0, 0.05) is 19.1 Å². The van der Waals surface area contributed by atoms with E-state index in [2.05, 4.69) is 48.7 Å². The molecular formula is C17H25N. The lowest BCUT2D eigenvalue weighted by Crippen LogP contribution is -2.28. The number of rotatable bonds is 6. The number of hydrogen-bond acceptors (Lipinski definition) is 1. The normalized spacial score (nSPS) is 20.5. The molecule has 1 nitrogen and oxygen atoms in total. The van der Waals surface area contributed by atoms with Crippen molar-refractivity contribution < 1.29 is 0 Å². The van der Waals surface area contributed by atoms with Crippen LogP contribution in [0.25, 0.3) is 0 Å². The van der Waals surface area contributed by atoms with Crippen LogP contribution in [0.15, 0.2) is 42.5 Å². The molecule has 0 radical (unpaired) electrons. The van der Waals surface area contributed by atoms with Gasteiger partial charge in [0.1, 0.15) is 0 Å². The zero-order valence-electron chi connectivity index (χ0n) is 11.6. The molecule has 2 rings (SSSR count). The maximum atomic E-state index is 4.18. The average molecular weight is 243 g/mol. The van der Waals surface area contributed by atoms with Crippen LogP contribution in [-0.2, 0) is 6.54 Å². The van der Waals surface area contributed by atoms with Gasteiger partial charge in [-0.05, 0) is 18.4 Å². The second-order valence-corrected chi connectivity index (χ2v) is 5.49. The van der Waals surface area contributed by atoms with Gasteiger partial charge in [-0.25, -0.2) is 0 Å². The van der Waals surface area contributed by atoms with Crippen LogP contribution in [0.3, 0.4) is 0 Å². The largest absolute Gasteiger partial charge is 0.292 e. The minimum atomic E-state index is 0.726. The van der Waals surface area contributed by atoms with Gasteiger partial charge in [0.25, 0.3) is 0 Å². The standard InChI is InChI=1S/C17H25N/c1-3-4-6-11-17-12-15(2)13-18(17)14-16-9-7-5-8-10-16/h5,7-10,17H,2-4,6,11-14H2,1H3. The van der Waals surface area contributed by atoms with Crippen molar-refractivity contribution in [3.05, 3.63) is 48.0 Å². The molecule has 1 heteroatoms. The van der Waals surface area contributed by atoms with Crippen molar-refractivity contribution in [3.8, 4) is 0 Å². The van der Waals surface area contributed by atoms with Gasteiger partial charge in [-0.2, -0.15) is 0 Å². The van der Waals surface area contributed by atoms with Crippen LogP contribution in [0, 0.1) is 0 Å². The Morgan fingerprint density at radius 2 is 2.00 bits per heavy atom. The molecule has 1 aliphatic heterocycles. The van der Waals surface area contributed by atoms with E-state index in [1.165, 1.54) is 43.2 Å². The summed E-state index contributed by atoms with van der Waals surface area (Å²) in [6, 6.07) is 11.5. The fourth-order valence-corrected chi connectivity index (χ4v) is 2.86. The first-order valence-electron chi connectivity index (χ1n) is 7.24. The summed E-state index contributed by atoms with van der Waals surface area (Å²) in [4.78, 5) is 2.60. The molecule has 0 amide bonds. The molecule has 0 spiro atoms. The summed E-state index contributed by atoms with van der Waals surface area (Å²) in [6.07, 6.45) is 6.57. The first-order chi connectivity index (χ1) is 8.79. The van der Waals surface area contributed by atoms with Crippen molar-refractivity contribution in [2.45, 2.75) is 51.6 Å². The molecule has 1 saturated heterocycles. The lowest BCUT2D eigenvalue weighted by atomic mass is 10.0. The molecule has 0 aromatic heterocycles. The molecule has 0 aliphatic carbocycles. The fraction of sp³-hybridized carbons (Fsp3) is 0.529. The third kappa shape index (κ3) is 3.71. The Kier molecular flexibility index (Phi) is 5.00. The van der Waals surface area contributed by atoms with Crippen LogP contribution >= 0.6 is 0 Å². The molecule has 0 bridgehead atoms. The summed E-state index contributed by atoms with van der Waals surface area (Å²) in [7, 11) is 0. The third-order valence-corrected chi connectivity index (χ3v) is 3.84. The van der Waals surface area contributed by atoms with E-state index in [0.29, 0.717) is 0 Å². The van der Waals surface area contributed by atoms with Gasteiger partial charge in [-0.15, -0.1) is 0 Å². The fourth-order valence-electron chi connectivity index (χ4n) is 2.86. The second-order valence-electron chi connectivity index (χ2n) is 5.49. The Morgan fingerprint density at radius 1 is 1.22 bits per heavy atom. The number of benzene rings is 1. The van der Waals surface area contributed by atoms with Gasteiger partial charge < -0.3 is 0 Å². The van der Waals surface area contributed by atoms with Crippen LogP contribution < -0.4 is 0 Å². The zero-order valence-corrected chi connectivity index (χ0v) is 11.6. The van der Waals surface area contributed by atoms with E-state index in [9.17, 15) is 0 Å². The van der Waals surface area contributed by atoms with Crippen LogP contribution in [0.5, 0.6) is 0 Å². The van der Waals surface area contributed by atoms with Crippen molar-refractivity contribution in [2.24, 2.45) is 0 Å². The van der Waals surface area contributed by atoms with E-state index in [-0.39, 0.29) is 0 Å². The van der Waals surface area contributed by atoms with E-state index in [4.69, 9.17) is 0 Å². The Morgan fingerprint density at radius 3 is 2.72 bits per heavy atom. The van der Waals surface area contributed by atoms with E-state index >= 15 is 0 Å². The highest BCUT2D eigenvalue weighted by Crippen LogP contribution is 2.27. The summed E-state index contributed by atoms with van der Waals surface area (Å²) in [5.74, 6) is 0. The SMILES string of the molecule is C=C1CC(CCCCC)N(Cc2ccccc2)C1. The summed E-state index contributed by atoms with van der Waals surface area (Å²) in [6.45, 7) is 8.62. The minimum Gasteiger partial charge on any atom is -0.292 e. The molecule has 1 aromatic rings. The molecule has 18 heavy (non-hydrogen) atoms. The number of unbranched alkanes of at least 4 members (excludes halogenated alkanes) is 2. The summed E-state index contributed by atoms with van der Waals surface area (Å²) in [5.41, 5.74) is 2.83. The molecule has 1 aromatic carbocycles. The molecule has 1 unspecified atom stereocenters. The van der Waals surface area contributed by atoms with Crippen LogP contribution in [0.1, 0.15) is 44.6 Å². The second kappa shape index (κ2) is 6.75. The first-order valence-corrected chi connectivity index (χ1v) is 7.24. The number of nitrogens with zero attached hydrogens (tertiary/aromatic N) is 1. The summed E-state index contributed by atoms with van der Waals surface area (Å²) in [5, 5.41) is 0. The molecule has 1 fully saturated rings. The van der Waals surface area contributed by atoms with E-state index in [1.54, 1.807) is 0 Å². The molecule has 0 saturated carbocycles. The molecule has 1 atom stereocenters. The average Bonchev–Trinajstić information content (AvgIpc) is 2.71. The van der Waals surface area contributed by atoms with Gasteiger partial charge in [0.15, 0.2) is 0 Å². The first kappa shape index (κ1) is 13.4. The highest BCUT2D eigenvalue weighted by molar-refractivity contribution is 5.17. The van der Waals surface area contributed by atoms with Crippen LogP contribution in [-0.4, -0.2) is 17.5 Å². The quantitative estimate of drug-likeness (QED) is 0.529. The Bertz CT molecular complexity index is 368.